The highest BCUT2D eigenvalue weighted by atomic mass is 35.5. The van der Waals surface area contributed by atoms with E-state index in [1.807, 2.05) is 12.1 Å². The molecule has 9 nitrogen and oxygen atoms in total. The third kappa shape index (κ3) is 6.58. The van der Waals surface area contributed by atoms with E-state index in [0.717, 1.165) is 11.1 Å². The van der Waals surface area contributed by atoms with Gasteiger partial charge < -0.3 is 21.3 Å². The van der Waals surface area contributed by atoms with Crippen molar-refractivity contribution >= 4 is 36.0 Å². The fourth-order valence-electron chi connectivity index (χ4n) is 2.39. The summed E-state index contributed by atoms with van der Waals surface area (Å²) in [5.41, 5.74) is 7.08. The Labute approximate surface area is 174 Å². The predicted octanol–water partition coefficient (Wildman–Crippen LogP) is -0.0415. The molecular formula is C19H22ClN5O4. The number of carbonyl (C=O) groups excluding carboxylic acids is 4. The van der Waals surface area contributed by atoms with E-state index in [2.05, 4.69) is 15.6 Å². The molecule has 0 aliphatic heterocycles. The number of nitrogens with one attached hydrogen (secondary N) is 2. The summed E-state index contributed by atoms with van der Waals surface area (Å²) in [5.74, 6) is -3.14. The van der Waals surface area contributed by atoms with E-state index in [9.17, 15) is 19.2 Å². The van der Waals surface area contributed by atoms with Gasteiger partial charge in [-0.2, -0.15) is 0 Å². The number of hydrogen-bond acceptors (Lipinski definition) is 5. The lowest BCUT2D eigenvalue weighted by atomic mass is 10.0. The Hall–Kier alpha value is -3.46. The second-order valence-corrected chi connectivity index (χ2v) is 6.15. The molecule has 0 aliphatic carbocycles. The predicted molar refractivity (Wildman–Crippen MR) is 109 cm³/mol. The van der Waals surface area contributed by atoms with Gasteiger partial charge in [-0.05, 0) is 35.4 Å². The average molecular weight is 420 g/mol. The first kappa shape index (κ1) is 23.6. The molecule has 4 N–H and O–H groups in total. The van der Waals surface area contributed by atoms with E-state index < -0.39 is 29.7 Å². The zero-order valence-corrected chi connectivity index (χ0v) is 16.7. The second-order valence-electron chi connectivity index (χ2n) is 6.15. The van der Waals surface area contributed by atoms with Crippen LogP contribution in [0, 0.1) is 0 Å². The molecule has 1 atom stereocenters. The molecule has 4 amide bonds. The van der Waals surface area contributed by atoms with Crippen molar-refractivity contribution in [1.29, 1.82) is 0 Å². The Bertz CT molecular complexity index is 872. The summed E-state index contributed by atoms with van der Waals surface area (Å²) in [6.45, 7) is -0.264. The van der Waals surface area contributed by atoms with Crippen LogP contribution in [0.4, 0.5) is 0 Å². The molecule has 0 radical (unpaired) electrons. The topological polar surface area (TPSA) is 134 Å². The minimum absolute atomic E-state index is 0. The van der Waals surface area contributed by atoms with Crippen LogP contribution in [0.5, 0.6) is 0 Å². The molecule has 0 aliphatic rings. The molecule has 0 saturated carbocycles. The van der Waals surface area contributed by atoms with Gasteiger partial charge in [-0.1, -0.05) is 12.1 Å². The maximum absolute atomic E-state index is 12.5. The number of amides is 4. The Balaban J connectivity index is 0.00000420. The number of hydrogen-bond donors (Lipinski definition) is 3. The lowest BCUT2D eigenvalue weighted by molar-refractivity contribution is -0.137. The van der Waals surface area contributed by atoms with Gasteiger partial charge in [0.15, 0.2) is 0 Å². The van der Waals surface area contributed by atoms with Crippen LogP contribution in [0.15, 0.2) is 48.8 Å². The first-order valence-corrected chi connectivity index (χ1v) is 8.39. The van der Waals surface area contributed by atoms with E-state index in [1.165, 1.54) is 19.0 Å². The molecule has 154 valence electrons. The first-order valence-electron chi connectivity index (χ1n) is 8.39. The average Bonchev–Trinajstić information content (AvgIpc) is 2.70. The number of rotatable bonds is 6. The largest absolute Gasteiger partial charge is 0.361 e. The maximum Gasteiger partial charge on any atom is 0.309 e. The quantitative estimate of drug-likeness (QED) is 0.564. The van der Waals surface area contributed by atoms with Crippen LogP contribution < -0.4 is 16.4 Å². The number of carbonyl (C=O) groups is 4. The highest BCUT2D eigenvalue weighted by Crippen LogP contribution is 2.18. The maximum atomic E-state index is 12.5. The number of aromatic nitrogens is 1. The molecule has 1 aromatic carbocycles. The number of pyridine rings is 1. The standard InChI is InChI=1S/C19H21N5O4.ClH/c1-24(2)19(28)15(11-22-18(27)16(20)25)23-17(26)14-5-3-12(4-6-14)13-7-9-21-10-8-13;/h3-10,15H,11H2,1-2H3,(H2,20,25)(H,22,27)(H,23,26);1H/t15-;/m0./s1. The molecule has 0 spiro atoms. The minimum Gasteiger partial charge on any atom is -0.361 e. The van der Waals surface area contributed by atoms with E-state index in [0.29, 0.717) is 5.56 Å². The molecule has 0 bridgehead atoms. The SMILES string of the molecule is CN(C)C(=O)[C@H](CNC(=O)C(N)=O)NC(=O)c1ccc(-c2ccncc2)cc1.Cl. The lowest BCUT2D eigenvalue weighted by Crippen LogP contribution is -2.53. The molecular weight excluding hydrogens is 398 g/mol. The van der Waals surface area contributed by atoms with Crippen LogP contribution in [0.1, 0.15) is 10.4 Å². The summed E-state index contributed by atoms with van der Waals surface area (Å²) in [6, 6.07) is 9.47. The van der Waals surface area contributed by atoms with Crippen molar-refractivity contribution in [1.82, 2.24) is 20.5 Å². The molecule has 10 heteroatoms. The van der Waals surface area contributed by atoms with E-state index in [4.69, 9.17) is 5.73 Å². The molecule has 1 aromatic heterocycles. The molecule has 29 heavy (non-hydrogen) atoms. The fourth-order valence-corrected chi connectivity index (χ4v) is 2.39. The zero-order valence-electron chi connectivity index (χ0n) is 15.9. The van der Waals surface area contributed by atoms with Gasteiger partial charge in [-0.25, -0.2) is 0 Å². The number of halogens is 1. The van der Waals surface area contributed by atoms with Gasteiger partial charge in [0.1, 0.15) is 6.04 Å². The van der Waals surface area contributed by atoms with Crippen molar-refractivity contribution in [2.75, 3.05) is 20.6 Å². The summed E-state index contributed by atoms with van der Waals surface area (Å²) in [6.07, 6.45) is 3.35. The number of nitrogens with zero attached hydrogens (tertiary/aromatic N) is 2. The summed E-state index contributed by atoms with van der Waals surface area (Å²) >= 11 is 0. The van der Waals surface area contributed by atoms with Crippen LogP contribution in [-0.2, 0) is 14.4 Å². The van der Waals surface area contributed by atoms with Gasteiger partial charge in [0.25, 0.3) is 5.91 Å². The third-order valence-electron chi connectivity index (χ3n) is 3.90. The van der Waals surface area contributed by atoms with Crippen molar-refractivity contribution in [2.45, 2.75) is 6.04 Å². The normalized spacial score (nSPS) is 10.8. The van der Waals surface area contributed by atoms with Crippen LogP contribution in [0.25, 0.3) is 11.1 Å². The van der Waals surface area contributed by atoms with E-state index in [-0.39, 0.29) is 19.0 Å². The third-order valence-corrected chi connectivity index (χ3v) is 3.90. The van der Waals surface area contributed by atoms with Crippen LogP contribution in [0.2, 0.25) is 0 Å². The first-order chi connectivity index (χ1) is 13.3. The number of benzene rings is 1. The Kier molecular flexibility index (Phi) is 8.75. The number of likely N-dealkylation sites (N-methyl/N-ethyl adjacent to an activating group) is 1. The Morgan fingerprint density at radius 3 is 2.07 bits per heavy atom. The fraction of sp³-hybridized carbons (Fsp3) is 0.211. The van der Waals surface area contributed by atoms with Gasteiger partial charge in [-0.3, -0.25) is 24.2 Å². The van der Waals surface area contributed by atoms with Gasteiger partial charge in [0, 0.05) is 38.6 Å². The lowest BCUT2D eigenvalue weighted by Gasteiger charge is -2.22. The molecule has 0 unspecified atom stereocenters. The summed E-state index contributed by atoms with van der Waals surface area (Å²) in [7, 11) is 3.03. The summed E-state index contributed by atoms with van der Waals surface area (Å²) in [5, 5.41) is 4.78. The van der Waals surface area contributed by atoms with Crippen LogP contribution in [0.3, 0.4) is 0 Å². The van der Waals surface area contributed by atoms with Gasteiger partial charge in [0.2, 0.25) is 5.91 Å². The molecule has 1 heterocycles. The van der Waals surface area contributed by atoms with Crippen molar-refractivity contribution in [3.05, 3.63) is 54.4 Å². The van der Waals surface area contributed by atoms with Crippen molar-refractivity contribution in [2.24, 2.45) is 5.73 Å². The Morgan fingerprint density at radius 2 is 1.55 bits per heavy atom. The molecule has 0 fully saturated rings. The van der Waals surface area contributed by atoms with Gasteiger partial charge >= 0.3 is 11.8 Å². The van der Waals surface area contributed by atoms with Crippen molar-refractivity contribution in [3.63, 3.8) is 0 Å². The van der Waals surface area contributed by atoms with Gasteiger partial charge in [0.05, 0.1) is 0 Å². The van der Waals surface area contributed by atoms with E-state index in [1.54, 1.807) is 36.7 Å². The minimum atomic E-state index is -1.17. The van der Waals surface area contributed by atoms with E-state index >= 15 is 0 Å². The summed E-state index contributed by atoms with van der Waals surface area (Å²) < 4.78 is 0. The summed E-state index contributed by atoms with van der Waals surface area (Å²) in [4.78, 5) is 52.2. The monoisotopic (exact) mass is 419 g/mol. The molecule has 0 saturated heterocycles. The van der Waals surface area contributed by atoms with Crippen LogP contribution in [-0.4, -0.2) is 60.2 Å². The molecule has 2 aromatic rings. The number of primary amides is 1. The zero-order chi connectivity index (χ0) is 20.7. The highest BCUT2D eigenvalue weighted by Gasteiger charge is 2.24. The van der Waals surface area contributed by atoms with Crippen LogP contribution >= 0.6 is 12.4 Å². The smallest absolute Gasteiger partial charge is 0.309 e. The van der Waals surface area contributed by atoms with Crippen molar-refractivity contribution in [3.8, 4) is 11.1 Å². The second kappa shape index (κ2) is 10.8. The highest BCUT2D eigenvalue weighted by molar-refractivity contribution is 6.34. The Morgan fingerprint density at radius 1 is 1.00 bits per heavy atom. The van der Waals surface area contributed by atoms with Gasteiger partial charge in [-0.15, -0.1) is 12.4 Å². The van der Waals surface area contributed by atoms with Crippen molar-refractivity contribution < 1.29 is 19.2 Å². The molecule has 2 rings (SSSR count). The number of nitrogens with two attached hydrogens (primary N) is 1.